The number of rotatable bonds is 5. The number of nitrogens with zero attached hydrogens (tertiary/aromatic N) is 1. The molecule has 0 saturated heterocycles. The van der Waals surface area contributed by atoms with E-state index in [0.29, 0.717) is 21.1 Å². The zero-order valence-corrected chi connectivity index (χ0v) is 16.0. The summed E-state index contributed by atoms with van der Waals surface area (Å²) in [5.41, 5.74) is -1.24. The molecule has 1 N–H and O–H groups in total. The molecule has 2 aromatic carbocycles. The number of halogens is 5. The van der Waals surface area contributed by atoms with Gasteiger partial charge in [-0.1, -0.05) is 29.3 Å². The largest absolute Gasteiger partial charge is 0.416 e. The molecule has 0 fully saturated rings. The predicted molar refractivity (Wildman–Crippen MR) is 98.7 cm³/mol. The highest BCUT2D eigenvalue weighted by molar-refractivity contribution is 7.92. The normalized spacial score (nSPS) is 11.9. The summed E-state index contributed by atoms with van der Waals surface area (Å²) in [5.74, 6) is -0.781. The van der Waals surface area contributed by atoms with Gasteiger partial charge < -0.3 is 5.32 Å². The number of hydrogen-bond acceptors (Lipinski definition) is 3. The van der Waals surface area contributed by atoms with E-state index in [0.717, 1.165) is 18.4 Å². The molecule has 0 aromatic heterocycles. The Morgan fingerprint density at radius 2 is 1.81 bits per heavy atom. The van der Waals surface area contributed by atoms with E-state index in [1.165, 1.54) is 12.1 Å². The molecule has 27 heavy (non-hydrogen) atoms. The van der Waals surface area contributed by atoms with Crippen LogP contribution in [0.1, 0.15) is 5.56 Å². The number of carbonyl (C=O) groups is 1. The number of benzene rings is 2. The van der Waals surface area contributed by atoms with Gasteiger partial charge in [-0.25, -0.2) is 8.42 Å². The second-order valence-corrected chi connectivity index (χ2v) is 8.24. The predicted octanol–water partition coefficient (Wildman–Crippen LogP) is 4.42. The average Bonchev–Trinajstić information content (AvgIpc) is 2.51. The molecule has 0 unspecified atom stereocenters. The molecule has 0 aliphatic carbocycles. The summed E-state index contributed by atoms with van der Waals surface area (Å²) >= 11 is 11.7. The van der Waals surface area contributed by atoms with Gasteiger partial charge in [-0.15, -0.1) is 0 Å². The van der Waals surface area contributed by atoms with Gasteiger partial charge in [0.1, 0.15) is 6.54 Å². The lowest BCUT2D eigenvalue weighted by Crippen LogP contribution is -2.37. The van der Waals surface area contributed by atoms with Gasteiger partial charge in [0.05, 0.1) is 22.5 Å². The van der Waals surface area contributed by atoms with Gasteiger partial charge in [0, 0.05) is 10.7 Å². The molecule has 0 spiro atoms. The summed E-state index contributed by atoms with van der Waals surface area (Å²) in [5, 5.41) is 2.52. The zero-order valence-electron chi connectivity index (χ0n) is 13.7. The van der Waals surface area contributed by atoms with Crippen molar-refractivity contribution >= 4 is 50.5 Å². The van der Waals surface area contributed by atoms with Crippen LogP contribution in [0.4, 0.5) is 24.5 Å². The Morgan fingerprint density at radius 1 is 1.15 bits per heavy atom. The molecule has 2 rings (SSSR count). The number of carbonyl (C=O) groups excluding carboxylic acids is 1. The summed E-state index contributed by atoms with van der Waals surface area (Å²) in [6.45, 7) is -0.771. The molecule has 11 heteroatoms. The van der Waals surface area contributed by atoms with E-state index in [1.54, 1.807) is 12.1 Å². The Morgan fingerprint density at radius 3 is 2.37 bits per heavy atom. The Kier molecular flexibility index (Phi) is 6.28. The van der Waals surface area contributed by atoms with Crippen molar-refractivity contribution in [2.45, 2.75) is 6.18 Å². The Hall–Kier alpha value is -1.97. The molecule has 146 valence electrons. The number of hydrogen-bond donors (Lipinski definition) is 1. The molecular formula is C16H13Cl2F3N2O3S. The molecular weight excluding hydrogens is 428 g/mol. The SMILES string of the molecule is CS(=O)(=O)N(CC(=O)Nc1cccc(Cl)c1)c1cc(C(F)(F)F)ccc1Cl. The molecule has 0 radical (unpaired) electrons. The zero-order chi connectivity index (χ0) is 20.4. The van der Waals surface area contributed by atoms with E-state index < -0.39 is 39.9 Å². The quantitative estimate of drug-likeness (QED) is 0.748. The molecule has 0 aliphatic heterocycles. The maximum atomic E-state index is 12.9. The van der Waals surface area contributed by atoms with Crippen LogP contribution in [0.15, 0.2) is 42.5 Å². The van der Waals surface area contributed by atoms with Crippen molar-refractivity contribution in [2.24, 2.45) is 0 Å². The second kappa shape index (κ2) is 7.95. The Bertz CT molecular complexity index is 966. The van der Waals surface area contributed by atoms with Crippen LogP contribution in [0.2, 0.25) is 10.0 Å². The topological polar surface area (TPSA) is 66.5 Å². The first-order valence-electron chi connectivity index (χ1n) is 7.28. The Balaban J connectivity index is 2.35. The third-order valence-corrected chi connectivity index (χ3v) is 5.02. The van der Waals surface area contributed by atoms with Gasteiger partial charge in [0.2, 0.25) is 15.9 Å². The van der Waals surface area contributed by atoms with Crippen molar-refractivity contribution in [2.75, 3.05) is 22.4 Å². The van der Waals surface area contributed by atoms with E-state index in [1.807, 2.05) is 0 Å². The first-order chi connectivity index (χ1) is 12.4. The van der Waals surface area contributed by atoms with Crippen LogP contribution in [0.25, 0.3) is 0 Å². The van der Waals surface area contributed by atoms with Crippen LogP contribution in [-0.2, 0) is 21.0 Å². The molecule has 0 aliphatic rings. The van der Waals surface area contributed by atoms with E-state index in [-0.39, 0.29) is 5.02 Å². The van der Waals surface area contributed by atoms with Crippen LogP contribution in [0.3, 0.4) is 0 Å². The third kappa shape index (κ3) is 5.75. The van der Waals surface area contributed by atoms with Gasteiger partial charge in [-0.3, -0.25) is 9.10 Å². The van der Waals surface area contributed by atoms with Crippen LogP contribution in [-0.4, -0.2) is 27.1 Å². The summed E-state index contributed by atoms with van der Waals surface area (Å²) < 4.78 is 63.5. The smallest absolute Gasteiger partial charge is 0.324 e. The molecule has 0 atom stereocenters. The molecule has 5 nitrogen and oxygen atoms in total. The average molecular weight is 441 g/mol. The summed E-state index contributed by atoms with van der Waals surface area (Å²) in [4.78, 5) is 12.2. The number of alkyl halides is 3. The van der Waals surface area contributed by atoms with E-state index in [9.17, 15) is 26.4 Å². The van der Waals surface area contributed by atoms with Crippen LogP contribution < -0.4 is 9.62 Å². The molecule has 1 amide bonds. The van der Waals surface area contributed by atoms with Crippen LogP contribution in [0, 0.1) is 0 Å². The number of sulfonamides is 1. The highest BCUT2D eigenvalue weighted by Crippen LogP contribution is 2.36. The lowest BCUT2D eigenvalue weighted by Gasteiger charge is -2.24. The number of nitrogens with one attached hydrogen (secondary N) is 1. The van der Waals surface area contributed by atoms with Crippen molar-refractivity contribution in [3.05, 3.63) is 58.1 Å². The second-order valence-electron chi connectivity index (χ2n) is 5.49. The van der Waals surface area contributed by atoms with E-state index in [4.69, 9.17) is 23.2 Å². The maximum Gasteiger partial charge on any atom is 0.416 e. The standard InChI is InChI=1S/C16H13Cl2F3N2O3S/c1-27(25,26)23(9-15(24)22-12-4-2-3-11(17)8-12)14-7-10(16(19,20)21)5-6-13(14)18/h2-8H,9H2,1H3,(H,22,24). The molecule has 2 aromatic rings. The monoisotopic (exact) mass is 440 g/mol. The van der Waals surface area contributed by atoms with Crippen LogP contribution >= 0.6 is 23.2 Å². The van der Waals surface area contributed by atoms with E-state index >= 15 is 0 Å². The van der Waals surface area contributed by atoms with Gasteiger partial charge >= 0.3 is 6.18 Å². The van der Waals surface area contributed by atoms with Crippen molar-refractivity contribution in [3.8, 4) is 0 Å². The minimum Gasteiger partial charge on any atom is -0.324 e. The Labute approximate surface area is 163 Å². The van der Waals surface area contributed by atoms with Crippen molar-refractivity contribution in [1.29, 1.82) is 0 Å². The van der Waals surface area contributed by atoms with Gasteiger partial charge in [0.25, 0.3) is 0 Å². The lowest BCUT2D eigenvalue weighted by molar-refractivity contribution is -0.137. The molecule has 0 heterocycles. The highest BCUT2D eigenvalue weighted by atomic mass is 35.5. The van der Waals surface area contributed by atoms with Gasteiger partial charge in [0.15, 0.2) is 0 Å². The van der Waals surface area contributed by atoms with Gasteiger partial charge in [-0.2, -0.15) is 13.2 Å². The van der Waals surface area contributed by atoms with Crippen LogP contribution in [0.5, 0.6) is 0 Å². The van der Waals surface area contributed by atoms with Crippen molar-refractivity contribution in [1.82, 2.24) is 0 Å². The van der Waals surface area contributed by atoms with E-state index in [2.05, 4.69) is 5.32 Å². The summed E-state index contributed by atoms with van der Waals surface area (Å²) in [7, 11) is -4.10. The third-order valence-electron chi connectivity index (χ3n) is 3.34. The minimum atomic E-state index is -4.70. The first-order valence-corrected chi connectivity index (χ1v) is 9.88. The molecule has 0 bridgehead atoms. The van der Waals surface area contributed by atoms with Crippen molar-refractivity contribution in [3.63, 3.8) is 0 Å². The summed E-state index contributed by atoms with van der Waals surface area (Å²) in [6.07, 6.45) is -3.94. The molecule has 0 saturated carbocycles. The number of amides is 1. The minimum absolute atomic E-state index is 0.246. The first kappa shape index (κ1) is 21.3. The van der Waals surface area contributed by atoms with Crippen molar-refractivity contribution < 1.29 is 26.4 Å². The fourth-order valence-corrected chi connectivity index (χ4v) is 3.48. The fraction of sp³-hybridized carbons (Fsp3) is 0.188. The highest BCUT2D eigenvalue weighted by Gasteiger charge is 2.33. The fourth-order valence-electron chi connectivity index (χ4n) is 2.16. The number of anilines is 2. The lowest BCUT2D eigenvalue weighted by atomic mass is 10.2. The summed E-state index contributed by atoms with van der Waals surface area (Å²) in [6, 6.07) is 8.31. The van der Waals surface area contributed by atoms with Gasteiger partial charge in [-0.05, 0) is 36.4 Å². The maximum absolute atomic E-state index is 12.9.